The highest BCUT2D eigenvalue weighted by Gasteiger charge is 2.19. The second-order valence-corrected chi connectivity index (χ2v) is 9.78. The smallest absolute Gasteiger partial charge is 0.139 e. The van der Waals surface area contributed by atoms with Crippen LogP contribution in [0.5, 0.6) is 0 Å². The van der Waals surface area contributed by atoms with Gasteiger partial charge < -0.3 is 14.8 Å². The average Bonchev–Trinajstić information content (AvgIpc) is 3.27. The monoisotopic (exact) mass is 452 g/mol. The molecule has 2 aliphatic rings. The highest BCUT2D eigenvalue weighted by atomic mass is 15.3. The van der Waals surface area contributed by atoms with Crippen LogP contribution in [0.25, 0.3) is 38.6 Å². The molecule has 174 valence electrons. The largest absolute Gasteiger partial charge is 0.353 e. The molecule has 34 heavy (non-hydrogen) atoms. The molecule has 4 heterocycles. The summed E-state index contributed by atoms with van der Waals surface area (Å²) in [7, 11) is 2.17. The van der Waals surface area contributed by atoms with Gasteiger partial charge in [-0.2, -0.15) is 0 Å². The molecule has 1 aliphatic carbocycles. The average molecular weight is 453 g/mol. The first-order valence-electron chi connectivity index (χ1n) is 12.1. The van der Waals surface area contributed by atoms with Crippen LogP contribution in [0.15, 0.2) is 60.7 Å². The molecule has 0 saturated carbocycles. The molecule has 1 aromatic carbocycles. The molecule has 0 amide bonds. The van der Waals surface area contributed by atoms with E-state index in [2.05, 4.69) is 83.3 Å². The first kappa shape index (κ1) is 21.1. The van der Waals surface area contributed by atoms with Crippen LogP contribution in [0.3, 0.4) is 0 Å². The molecule has 4 aromatic rings. The van der Waals surface area contributed by atoms with E-state index in [4.69, 9.17) is 9.97 Å². The van der Waals surface area contributed by atoms with Crippen molar-refractivity contribution in [2.45, 2.75) is 20.3 Å². The molecule has 1 saturated heterocycles. The van der Waals surface area contributed by atoms with Crippen LogP contribution in [0.4, 0.5) is 5.82 Å². The van der Waals surface area contributed by atoms with Gasteiger partial charge in [-0.05, 0) is 55.6 Å². The topological polar surface area (TPSA) is 60.9 Å². The summed E-state index contributed by atoms with van der Waals surface area (Å²) in [6.07, 6.45) is 11.4. The predicted octanol–water partition coefficient (Wildman–Crippen LogP) is 5.54. The zero-order valence-electron chi connectivity index (χ0n) is 20.0. The van der Waals surface area contributed by atoms with Crippen molar-refractivity contribution in [2.75, 3.05) is 38.1 Å². The van der Waals surface area contributed by atoms with E-state index in [-0.39, 0.29) is 1.43 Å². The lowest BCUT2D eigenvalue weighted by Gasteiger charge is -2.33. The van der Waals surface area contributed by atoms with Crippen molar-refractivity contribution < 1.29 is 1.43 Å². The Hall–Kier alpha value is -3.51. The zero-order chi connectivity index (χ0) is 23.2. The molecule has 0 radical (unpaired) electrons. The van der Waals surface area contributed by atoms with Crippen molar-refractivity contribution in [1.82, 2.24) is 24.8 Å². The van der Waals surface area contributed by atoms with E-state index >= 15 is 0 Å². The fourth-order valence-electron chi connectivity index (χ4n) is 5.28. The number of hydrogen-bond acceptors (Lipinski definition) is 5. The minimum atomic E-state index is 0. The molecule has 6 rings (SSSR count). The number of likely N-dealkylation sites (N-methyl/N-ethyl adjacent to an activating group) is 1. The number of fused-ring (bicyclic) bond motifs is 2. The highest BCUT2D eigenvalue weighted by molar-refractivity contribution is 6.00. The van der Waals surface area contributed by atoms with Gasteiger partial charge in [0.05, 0.1) is 5.52 Å². The maximum absolute atomic E-state index is 4.76. The number of benzene rings is 1. The molecule has 3 aromatic heterocycles. The normalized spacial score (nSPS) is 19.5. The van der Waals surface area contributed by atoms with E-state index < -0.39 is 0 Å². The van der Waals surface area contributed by atoms with E-state index in [0.717, 1.165) is 71.5 Å². The van der Waals surface area contributed by atoms with Gasteiger partial charge in [0.2, 0.25) is 0 Å². The van der Waals surface area contributed by atoms with Gasteiger partial charge in [-0.25, -0.2) is 15.0 Å². The summed E-state index contributed by atoms with van der Waals surface area (Å²) >= 11 is 0. The summed E-state index contributed by atoms with van der Waals surface area (Å²) in [6.45, 7) is 8.56. The number of H-pyrrole nitrogens is 1. The number of allylic oxidation sites excluding steroid dienone is 4. The molecular formula is C28H32N6. The number of piperazine rings is 1. The SMILES string of the molecule is CC1=C(c2cnc3[nH]cc(-c4ccc5ncnc(N6CCN(C)CC6)c5c4)c3c2)C=CC(C)C1.[HH]. The Bertz CT molecular complexity index is 1440. The maximum atomic E-state index is 4.76. The maximum Gasteiger partial charge on any atom is 0.139 e. The molecule has 6 nitrogen and oxygen atoms in total. The van der Waals surface area contributed by atoms with Crippen LogP contribution < -0.4 is 4.90 Å². The van der Waals surface area contributed by atoms with Crippen molar-refractivity contribution in [1.29, 1.82) is 0 Å². The van der Waals surface area contributed by atoms with E-state index in [1.165, 1.54) is 16.7 Å². The summed E-state index contributed by atoms with van der Waals surface area (Å²) in [5.74, 6) is 1.62. The van der Waals surface area contributed by atoms with Crippen molar-refractivity contribution in [3.63, 3.8) is 0 Å². The third kappa shape index (κ3) is 3.68. The number of pyridine rings is 1. The van der Waals surface area contributed by atoms with Gasteiger partial charge >= 0.3 is 0 Å². The number of nitrogens with one attached hydrogen (secondary N) is 1. The lowest BCUT2D eigenvalue weighted by Crippen LogP contribution is -2.44. The molecule has 1 N–H and O–H groups in total. The van der Waals surface area contributed by atoms with Gasteiger partial charge in [0.25, 0.3) is 0 Å². The second kappa shape index (κ2) is 8.37. The number of nitrogens with zero attached hydrogens (tertiary/aromatic N) is 5. The van der Waals surface area contributed by atoms with E-state index in [1.54, 1.807) is 6.33 Å². The molecule has 0 bridgehead atoms. The van der Waals surface area contributed by atoms with Gasteiger partial charge in [0, 0.05) is 61.9 Å². The fourth-order valence-corrected chi connectivity index (χ4v) is 5.28. The third-order valence-electron chi connectivity index (χ3n) is 7.25. The van der Waals surface area contributed by atoms with E-state index in [9.17, 15) is 0 Å². The van der Waals surface area contributed by atoms with E-state index in [1.807, 2.05) is 6.20 Å². The predicted molar refractivity (Wildman–Crippen MR) is 142 cm³/mol. The van der Waals surface area contributed by atoms with Crippen molar-refractivity contribution in [3.8, 4) is 11.1 Å². The van der Waals surface area contributed by atoms with Crippen LogP contribution in [-0.2, 0) is 0 Å². The molecule has 6 heteroatoms. The summed E-state index contributed by atoms with van der Waals surface area (Å²) < 4.78 is 0. The van der Waals surface area contributed by atoms with Crippen LogP contribution in [0.1, 0.15) is 27.3 Å². The van der Waals surface area contributed by atoms with Gasteiger partial charge in [0.1, 0.15) is 17.8 Å². The first-order valence-corrected chi connectivity index (χ1v) is 12.1. The number of rotatable bonds is 3. The lowest BCUT2D eigenvalue weighted by molar-refractivity contribution is 0.312. The summed E-state index contributed by atoms with van der Waals surface area (Å²) in [4.78, 5) is 22.1. The van der Waals surface area contributed by atoms with Crippen molar-refractivity contribution in [3.05, 3.63) is 66.3 Å². The molecule has 1 aliphatic heterocycles. The number of anilines is 1. The van der Waals surface area contributed by atoms with Crippen molar-refractivity contribution >= 4 is 33.3 Å². The number of aromatic nitrogens is 4. The van der Waals surface area contributed by atoms with Crippen LogP contribution >= 0.6 is 0 Å². The molecule has 1 fully saturated rings. The lowest BCUT2D eigenvalue weighted by atomic mass is 9.88. The summed E-state index contributed by atoms with van der Waals surface area (Å²) in [6, 6.07) is 8.79. The number of aromatic amines is 1. The van der Waals surface area contributed by atoms with Gasteiger partial charge in [-0.15, -0.1) is 0 Å². The van der Waals surface area contributed by atoms with Crippen LogP contribution in [-0.4, -0.2) is 58.1 Å². The minimum absolute atomic E-state index is 0. The Kier molecular flexibility index (Phi) is 5.18. The Balaban J connectivity index is 0.00000253. The molecule has 1 atom stereocenters. The second-order valence-electron chi connectivity index (χ2n) is 9.78. The molecule has 1 unspecified atom stereocenters. The zero-order valence-corrected chi connectivity index (χ0v) is 20.0. The Morgan fingerprint density at radius 2 is 1.82 bits per heavy atom. The fraction of sp³-hybridized carbons (Fsp3) is 0.321. The minimum Gasteiger partial charge on any atom is -0.353 e. The third-order valence-corrected chi connectivity index (χ3v) is 7.25. The Morgan fingerprint density at radius 1 is 1.00 bits per heavy atom. The number of hydrogen-bond donors (Lipinski definition) is 1. The van der Waals surface area contributed by atoms with Gasteiger partial charge in [-0.1, -0.05) is 30.7 Å². The van der Waals surface area contributed by atoms with Gasteiger partial charge in [0.15, 0.2) is 0 Å². The molecular weight excluding hydrogens is 420 g/mol. The first-order chi connectivity index (χ1) is 16.6. The highest BCUT2D eigenvalue weighted by Crippen LogP contribution is 2.35. The quantitative estimate of drug-likeness (QED) is 0.442. The summed E-state index contributed by atoms with van der Waals surface area (Å²) in [5, 5.41) is 2.24. The van der Waals surface area contributed by atoms with Gasteiger partial charge in [-0.3, -0.25) is 0 Å². The standard InChI is InChI=1S/C28H30N6.H2/c1-18-4-6-22(19(2)12-18)21-14-23-25(16-30-27(23)29-15-21)20-5-7-26-24(13-20)28(32-17-31-26)34-10-8-33(3)9-11-34;/h4-7,13-18H,8-12H2,1-3H3,(H,29,30);1H. The van der Waals surface area contributed by atoms with E-state index in [0.29, 0.717) is 5.92 Å². The Morgan fingerprint density at radius 3 is 2.65 bits per heavy atom. The van der Waals surface area contributed by atoms with Crippen molar-refractivity contribution in [2.24, 2.45) is 5.92 Å². The molecule has 0 spiro atoms. The summed E-state index contributed by atoms with van der Waals surface area (Å²) in [5.41, 5.74) is 8.10. The Labute approximate surface area is 201 Å². The van der Waals surface area contributed by atoms with Crippen LogP contribution in [0.2, 0.25) is 0 Å². The van der Waals surface area contributed by atoms with Crippen LogP contribution in [0, 0.1) is 5.92 Å².